The van der Waals surface area contributed by atoms with Gasteiger partial charge in [0.05, 0.1) is 0 Å². The molecule has 3 fully saturated rings. The Kier molecular flexibility index (Phi) is 5.65. The molecule has 1 N–H and O–H groups in total. The maximum Gasteiger partial charge on any atom is 0.449 e. The van der Waals surface area contributed by atoms with Gasteiger partial charge < -0.3 is 14.6 Å². The first-order valence-corrected chi connectivity index (χ1v) is 13.0. The Morgan fingerprint density at radius 3 is 1.92 bits per heavy atom. The minimum atomic E-state index is -5.60. The van der Waals surface area contributed by atoms with E-state index in [1.54, 1.807) is 0 Å². The van der Waals surface area contributed by atoms with E-state index in [0.29, 0.717) is 6.42 Å². The molecular weight excluding hydrogens is 375 g/mol. The lowest BCUT2D eigenvalue weighted by molar-refractivity contribution is -0.506. The Morgan fingerprint density at radius 1 is 1.00 bits per heavy atom. The van der Waals surface area contributed by atoms with Crippen molar-refractivity contribution in [2.45, 2.75) is 82.3 Å². The van der Waals surface area contributed by atoms with Gasteiger partial charge in [0, 0.05) is 8.07 Å². The molecule has 3 aliphatic rings. The van der Waals surface area contributed by atoms with Gasteiger partial charge in [-0.05, 0) is 43.9 Å². The van der Waals surface area contributed by atoms with Crippen LogP contribution in [-0.2, 0) is 9.47 Å². The second-order valence-electron chi connectivity index (χ2n) is 9.51. The zero-order valence-corrected chi connectivity index (χ0v) is 16.9. The topological polar surface area (TPSA) is 38.7 Å². The van der Waals surface area contributed by atoms with Gasteiger partial charge in [-0.1, -0.05) is 32.6 Å². The van der Waals surface area contributed by atoms with Crippen LogP contribution in [0.5, 0.6) is 0 Å². The molecule has 1 saturated heterocycles. The number of ether oxygens (including phenoxy) is 2. The van der Waals surface area contributed by atoms with Crippen molar-refractivity contribution in [1.29, 1.82) is 0 Å². The summed E-state index contributed by atoms with van der Waals surface area (Å²) in [6.45, 7) is 9.27. The van der Waals surface area contributed by atoms with E-state index in [0.717, 1.165) is 26.2 Å². The van der Waals surface area contributed by atoms with Crippen LogP contribution in [0, 0.1) is 17.8 Å². The normalized spacial score (nSPS) is 42.3. The quantitative estimate of drug-likeness (QED) is 0.492. The second kappa shape index (κ2) is 6.67. The molecule has 1 heterocycles. The molecule has 0 aromatic carbocycles. The smallest absolute Gasteiger partial charge is 0.354 e. The van der Waals surface area contributed by atoms with Crippen LogP contribution in [0.25, 0.3) is 0 Å². The predicted octanol–water partition coefficient (Wildman–Crippen LogP) is 5.03. The Hall–Kier alpha value is -0.253. The molecule has 3 nitrogen and oxygen atoms in total. The van der Waals surface area contributed by atoms with Gasteiger partial charge in [-0.25, -0.2) is 0 Å². The highest BCUT2D eigenvalue weighted by atomic mass is 28.3. The van der Waals surface area contributed by atoms with Crippen LogP contribution in [0.3, 0.4) is 0 Å². The van der Waals surface area contributed by atoms with Crippen molar-refractivity contribution < 1.29 is 36.5 Å². The van der Waals surface area contributed by atoms with Gasteiger partial charge in [0.25, 0.3) is 0 Å². The zero-order chi connectivity index (χ0) is 20.2. The molecule has 154 valence electrons. The van der Waals surface area contributed by atoms with Crippen molar-refractivity contribution in [2.75, 3.05) is 6.79 Å². The van der Waals surface area contributed by atoms with Crippen molar-refractivity contribution in [2.24, 2.45) is 17.8 Å². The molecule has 2 bridgehead atoms. The van der Waals surface area contributed by atoms with Crippen molar-refractivity contribution in [3.8, 4) is 0 Å². The molecule has 2 saturated carbocycles. The first kappa shape index (κ1) is 22.0. The van der Waals surface area contributed by atoms with E-state index < -0.39 is 44.3 Å². The van der Waals surface area contributed by atoms with Crippen LogP contribution in [0.4, 0.5) is 22.0 Å². The van der Waals surface area contributed by atoms with Crippen LogP contribution >= 0.6 is 0 Å². The minimum absolute atomic E-state index is 0.0820. The highest BCUT2D eigenvalue weighted by Gasteiger charge is 2.81. The molecule has 0 aromatic heterocycles. The summed E-state index contributed by atoms with van der Waals surface area (Å²) >= 11 is 0. The molecule has 5 atom stereocenters. The molecular formula is C17H29F5O3Si. The molecule has 2 aliphatic carbocycles. The molecule has 26 heavy (non-hydrogen) atoms. The monoisotopic (exact) mass is 404 g/mol. The third kappa shape index (κ3) is 3.68. The van der Waals surface area contributed by atoms with Gasteiger partial charge in [-0.3, -0.25) is 0 Å². The van der Waals surface area contributed by atoms with E-state index >= 15 is 0 Å². The molecule has 3 rings (SSSR count). The van der Waals surface area contributed by atoms with Gasteiger partial charge in [0.1, 0.15) is 5.60 Å². The van der Waals surface area contributed by atoms with E-state index in [2.05, 4.69) is 30.9 Å². The maximum atomic E-state index is 14.6. The second-order valence-corrected chi connectivity index (χ2v) is 15.5. The van der Waals surface area contributed by atoms with Crippen LogP contribution in [0.2, 0.25) is 26.2 Å². The fourth-order valence-electron chi connectivity index (χ4n) is 4.27. The minimum Gasteiger partial charge on any atom is -0.354 e. The van der Waals surface area contributed by atoms with Crippen molar-refractivity contribution in [3.05, 3.63) is 0 Å². The van der Waals surface area contributed by atoms with E-state index in [4.69, 9.17) is 4.74 Å². The molecule has 9 heteroatoms. The molecule has 1 aliphatic heterocycles. The third-order valence-corrected chi connectivity index (χ3v) is 5.51. The Balaban J connectivity index is 0.000000431. The lowest BCUT2D eigenvalue weighted by Gasteiger charge is -2.53. The number of alkyl halides is 5. The largest absolute Gasteiger partial charge is 0.449 e. The SMILES string of the molecule is CC1(C2CC3CCC2C3)OCOC(O)(C(F)(F)F)C1(F)F.C[Si](C)(C)C. The van der Waals surface area contributed by atoms with E-state index in [1.165, 1.54) is 0 Å². The summed E-state index contributed by atoms with van der Waals surface area (Å²) in [5, 5.41) is 9.52. The summed E-state index contributed by atoms with van der Waals surface area (Å²) < 4.78 is 76.8. The molecule has 5 unspecified atom stereocenters. The van der Waals surface area contributed by atoms with Crippen LogP contribution in [0.1, 0.15) is 32.6 Å². The summed E-state index contributed by atoms with van der Waals surface area (Å²) in [7, 11) is -0.611. The number of rotatable bonds is 1. The first-order valence-electron chi connectivity index (χ1n) is 8.98. The van der Waals surface area contributed by atoms with E-state index in [1.807, 2.05) is 0 Å². The molecule has 0 radical (unpaired) electrons. The Labute approximate surface area is 152 Å². The van der Waals surface area contributed by atoms with Crippen LogP contribution in [-0.4, -0.2) is 43.5 Å². The predicted molar refractivity (Wildman–Crippen MR) is 89.5 cm³/mol. The Bertz CT molecular complexity index is 516. The average Bonchev–Trinajstić information content (AvgIpc) is 3.04. The average molecular weight is 404 g/mol. The number of halogens is 5. The summed E-state index contributed by atoms with van der Waals surface area (Å²) in [5.74, 6) is -9.61. The number of hydrogen-bond acceptors (Lipinski definition) is 3. The molecule has 0 aromatic rings. The van der Waals surface area contributed by atoms with Gasteiger partial charge in [0.2, 0.25) is 0 Å². The third-order valence-electron chi connectivity index (χ3n) is 5.51. The lowest BCUT2D eigenvalue weighted by Crippen LogP contribution is -2.74. The number of aliphatic hydroxyl groups is 1. The van der Waals surface area contributed by atoms with Crippen molar-refractivity contribution >= 4 is 8.07 Å². The van der Waals surface area contributed by atoms with Gasteiger partial charge in [-0.2, -0.15) is 22.0 Å². The maximum absolute atomic E-state index is 14.6. The number of fused-ring (bicyclic) bond motifs is 2. The van der Waals surface area contributed by atoms with E-state index in [-0.39, 0.29) is 11.8 Å². The van der Waals surface area contributed by atoms with Gasteiger partial charge in [-0.15, -0.1) is 0 Å². The van der Waals surface area contributed by atoms with Crippen molar-refractivity contribution in [1.82, 2.24) is 0 Å². The lowest BCUT2D eigenvalue weighted by atomic mass is 9.71. The van der Waals surface area contributed by atoms with Gasteiger partial charge in [0.15, 0.2) is 6.79 Å². The number of hydrogen-bond donors (Lipinski definition) is 1. The van der Waals surface area contributed by atoms with Crippen LogP contribution < -0.4 is 0 Å². The highest BCUT2D eigenvalue weighted by molar-refractivity contribution is 6.74. The first-order chi connectivity index (χ1) is 11.5. The van der Waals surface area contributed by atoms with Gasteiger partial charge >= 0.3 is 17.9 Å². The standard InChI is InChI=1S/C13H17F5O3.C4H12Si/c1-10(9-5-7-2-3-8(9)4-7)11(14,15)12(19,13(16,17)18)21-6-20-10;1-5(2,3)4/h7-9,19H,2-6H2,1H3;1-4H3. The summed E-state index contributed by atoms with van der Waals surface area (Å²) in [6.07, 6.45) is -2.81. The summed E-state index contributed by atoms with van der Waals surface area (Å²) in [4.78, 5) is 0. The fraction of sp³-hybridized carbons (Fsp3) is 1.00. The highest BCUT2D eigenvalue weighted by Crippen LogP contribution is 2.61. The van der Waals surface area contributed by atoms with Crippen LogP contribution in [0.15, 0.2) is 0 Å². The fourth-order valence-corrected chi connectivity index (χ4v) is 4.27. The summed E-state index contributed by atoms with van der Waals surface area (Å²) in [6, 6.07) is 0. The zero-order valence-electron chi connectivity index (χ0n) is 15.9. The Morgan fingerprint density at radius 2 is 1.54 bits per heavy atom. The molecule has 0 amide bonds. The molecule has 0 spiro atoms. The van der Waals surface area contributed by atoms with E-state index in [9.17, 15) is 27.1 Å². The van der Waals surface area contributed by atoms with Crippen molar-refractivity contribution in [3.63, 3.8) is 0 Å². The summed E-state index contributed by atoms with van der Waals surface area (Å²) in [5.41, 5.74) is -2.38.